The van der Waals surface area contributed by atoms with E-state index in [1.54, 1.807) is 6.92 Å². The van der Waals surface area contributed by atoms with Crippen LogP contribution in [-0.2, 0) is 30.4 Å². The normalized spacial score (nSPS) is 18.8. The number of imidazole rings is 1. The van der Waals surface area contributed by atoms with Gasteiger partial charge in [0.25, 0.3) is 0 Å². The molecule has 4 amide bonds. The van der Waals surface area contributed by atoms with E-state index in [2.05, 4.69) is 31.2 Å². The van der Waals surface area contributed by atoms with Gasteiger partial charge in [-0.25, -0.2) is 9.78 Å². The van der Waals surface area contributed by atoms with Crippen LogP contribution < -0.4 is 27.0 Å². The summed E-state index contributed by atoms with van der Waals surface area (Å²) in [5.74, 6) is -4.38. The summed E-state index contributed by atoms with van der Waals surface area (Å²) in [6.07, 6.45) is 4.49. The van der Waals surface area contributed by atoms with Crippen molar-refractivity contribution in [3.63, 3.8) is 0 Å². The lowest BCUT2D eigenvalue weighted by Gasteiger charge is -2.28. The van der Waals surface area contributed by atoms with Crippen LogP contribution in [0, 0.1) is 5.92 Å². The predicted molar refractivity (Wildman–Crippen MR) is 120 cm³/mol. The van der Waals surface area contributed by atoms with Gasteiger partial charge >= 0.3 is 5.97 Å². The Balaban J connectivity index is 2.17. The van der Waals surface area contributed by atoms with E-state index in [4.69, 9.17) is 5.73 Å². The fourth-order valence-electron chi connectivity index (χ4n) is 3.62. The van der Waals surface area contributed by atoms with Gasteiger partial charge in [0.05, 0.1) is 18.8 Å². The maximum Gasteiger partial charge on any atom is 0.326 e. The van der Waals surface area contributed by atoms with E-state index in [1.165, 1.54) is 12.5 Å². The van der Waals surface area contributed by atoms with Gasteiger partial charge in [0.1, 0.15) is 18.1 Å². The first kappa shape index (κ1) is 26.8. The molecule has 1 aliphatic heterocycles. The number of nitrogens with zero attached hydrogens (tertiary/aromatic N) is 1. The summed E-state index contributed by atoms with van der Waals surface area (Å²) in [6, 6.07) is -4.04. The van der Waals surface area contributed by atoms with E-state index in [-0.39, 0.29) is 18.2 Å². The average molecular weight is 480 g/mol. The SMILES string of the molecule is CCC(C)C(NC(=O)C(Cc1cnc[nH]1)NC(=O)C1CCCN1)C(=O)NC(CC(N)=O)C(=O)O. The molecule has 2 heterocycles. The average Bonchev–Trinajstić information content (AvgIpc) is 3.49. The van der Waals surface area contributed by atoms with Crippen LogP contribution >= 0.6 is 0 Å². The minimum absolute atomic E-state index is 0.110. The Morgan fingerprint density at radius 2 is 1.91 bits per heavy atom. The van der Waals surface area contributed by atoms with Gasteiger partial charge in [-0.15, -0.1) is 0 Å². The van der Waals surface area contributed by atoms with E-state index >= 15 is 0 Å². The summed E-state index contributed by atoms with van der Waals surface area (Å²) in [7, 11) is 0. The second-order valence-electron chi connectivity index (χ2n) is 8.43. The van der Waals surface area contributed by atoms with Gasteiger partial charge in [-0.05, 0) is 25.3 Å². The Kier molecular flexibility index (Phi) is 9.98. The van der Waals surface area contributed by atoms with Gasteiger partial charge in [-0.1, -0.05) is 20.3 Å². The van der Waals surface area contributed by atoms with E-state index in [1.807, 2.05) is 6.92 Å². The van der Waals surface area contributed by atoms with Crippen LogP contribution in [0.5, 0.6) is 0 Å². The third-order valence-electron chi connectivity index (χ3n) is 5.80. The molecule has 0 aliphatic carbocycles. The number of nitrogens with one attached hydrogen (secondary N) is 5. The van der Waals surface area contributed by atoms with Gasteiger partial charge in [0.2, 0.25) is 23.6 Å². The molecule has 0 saturated carbocycles. The summed E-state index contributed by atoms with van der Waals surface area (Å²) in [4.78, 5) is 68.1. The van der Waals surface area contributed by atoms with Crippen LogP contribution in [0.3, 0.4) is 0 Å². The number of carbonyl (C=O) groups excluding carboxylic acids is 4. The lowest BCUT2D eigenvalue weighted by molar-refractivity contribution is -0.144. The first-order valence-corrected chi connectivity index (χ1v) is 11.2. The Hall–Kier alpha value is -3.48. The zero-order valence-electron chi connectivity index (χ0n) is 19.3. The molecule has 1 aromatic rings. The molecular weight excluding hydrogens is 446 g/mol. The van der Waals surface area contributed by atoms with Crippen molar-refractivity contribution < 1.29 is 29.1 Å². The maximum absolute atomic E-state index is 13.2. The number of primary amides is 1. The van der Waals surface area contributed by atoms with Crippen molar-refractivity contribution in [2.45, 2.75) is 70.1 Å². The summed E-state index contributed by atoms with van der Waals surface area (Å²) in [6.45, 7) is 4.24. The Morgan fingerprint density at radius 1 is 1.18 bits per heavy atom. The van der Waals surface area contributed by atoms with Crippen molar-refractivity contribution in [2.24, 2.45) is 11.7 Å². The highest BCUT2D eigenvalue weighted by Crippen LogP contribution is 2.11. The lowest BCUT2D eigenvalue weighted by Crippen LogP contribution is -2.59. The van der Waals surface area contributed by atoms with Crippen LogP contribution in [0.15, 0.2) is 12.5 Å². The van der Waals surface area contributed by atoms with Crippen molar-refractivity contribution in [1.29, 1.82) is 0 Å². The Morgan fingerprint density at radius 3 is 2.44 bits per heavy atom. The fraction of sp³-hybridized carbons (Fsp3) is 0.619. The molecule has 5 unspecified atom stereocenters. The van der Waals surface area contributed by atoms with Crippen molar-refractivity contribution >= 4 is 29.6 Å². The number of hydrogen-bond donors (Lipinski definition) is 7. The molecule has 5 atom stereocenters. The van der Waals surface area contributed by atoms with E-state index < -0.39 is 54.3 Å². The van der Waals surface area contributed by atoms with E-state index in [9.17, 15) is 29.1 Å². The molecule has 8 N–H and O–H groups in total. The molecule has 1 aromatic heterocycles. The first-order chi connectivity index (χ1) is 16.1. The monoisotopic (exact) mass is 479 g/mol. The summed E-state index contributed by atoms with van der Waals surface area (Å²) >= 11 is 0. The first-order valence-electron chi connectivity index (χ1n) is 11.2. The number of H-pyrrole nitrogens is 1. The number of hydrogen-bond acceptors (Lipinski definition) is 7. The van der Waals surface area contributed by atoms with E-state index in [0.29, 0.717) is 25.1 Å². The predicted octanol–water partition coefficient (Wildman–Crippen LogP) is -1.84. The molecule has 13 heteroatoms. The highest BCUT2D eigenvalue weighted by Gasteiger charge is 2.34. The minimum Gasteiger partial charge on any atom is -0.480 e. The molecule has 0 radical (unpaired) electrons. The smallest absolute Gasteiger partial charge is 0.326 e. The maximum atomic E-state index is 13.2. The molecule has 13 nitrogen and oxygen atoms in total. The number of aliphatic carboxylic acids is 1. The van der Waals surface area contributed by atoms with Crippen LogP contribution in [0.25, 0.3) is 0 Å². The van der Waals surface area contributed by atoms with Gasteiger partial charge in [-0.3, -0.25) is 19.2 Å². The van der Waals surface area contributed by atoms with Crippen molar-refractivity contribution in [1.82, 2.24) is 31.2 Å². The van der Waals surface area contributed by atoms with Crippen LogP contribution in [0.1, 0.15) is 45.2 Å². The summed E-state index contributed by atoms with van der Waals surface area (Å²) in [5, 5.41) is 20.0. The second kappa shape index (κ2) is 12.7. The van der Waals surface area contributed by atoms with Crippen LogP contribution in [0.2, 0.25) is 0 Å². The molecule has 0 bridgehead atoms. The topological polar surface area (TPSA) is 208 Å². The Bertz CT molecular complexity index is 869. The second-order valence-corrected chi connectivity index (χ2v) is 8.43. The van der Waals surface area contributed by atoms with Crippen molar-refractivity contribution in [3.05, 3.63) is 18.2 Å². The van der Waals surface area contributed by atoms with Gasteiger partial charge in [0.15, 0.2) is 0 Å². The molecule has 0 aromatic carbocycles. The Labute approximate surface area is 197 Å². The number of amides is 4. The van der Waals surface area contributed by atoms with Gasteiger partial charge < -0.3 is 37.1 Å². The third kappa shape index (κ3) is 7.83. The standard InChI is InChI=1S/C21H33N7O6/c1-3-11(2)17(20(32)27-15(21(33)34)8-16(22)29)28-19(31)14(7-12-9-23-10-25-12)26-18(30)13-5-4-6-24-13/h9-11,13-15,17,24H,3-8H2,1-2H3,(H2,22,29)(H,23,25)(H,26,30)(H,27,32)(H,28,31)(H,33,34). The minimum atomic E-state index is -1.53. The number of aromatic amines is 1. The number of carboxylic acids is 1. The summed E-state index contributed by atoms with van der Waals surface area (Å²) in [5.41, 5.74) is 5.68. The lowest BCUT2D eigenvalue weighted by atomic mass is 9.97. The summed E-state index contributed by atoms with van der Waals surface area (Å²) < 4.78 is 0. The van der Waals surface area contributed by atoms with Gasteiger partial charge in [0, 0.05) is 18.3 Å². The molecule has 188 valence electrons. The largest absolute Gasteiger partial charge is 0.480 e. The molecule has 1 aliphatic rings. The number of nitrogens with two attached hydrogens (primary N) is 1. The van der Waals surface area contributed by atoms with Crippen molar-refractivity contribution in [2.75, 3.05) is 6.54 Å². The number of carboxylic acid groups (broad SMARTS) is 1. The van der Waals surface area contributed by atoms with E-state index in [0.717, 1.165) is 6.42 Å². The number of aromatic nitrogens is 2. The molecule has 34 heavy (non-hydrogen) atoms. The highest BCUT2D eigenvalue weighted by molar-refractivity contribution is 5.95. The third-order valence-corrected chi connectivity index (χ3v) is 5.80. The van der Waals surface area contributed by atoms with Crippen LogP contribution in [0.4, 0.5) is 0 Å². The number of carbonyl (C=O) groups is 5. The molecule has 1 fully saturated rings. The quantitative estimate of drug-likeness (QED) is 0.171. The van der Waals surface area contributed by atoms with Crippen LogP contribution in [-0.4, -0.2) is 75.4 Å². The van der Waals surface area contributed by atoms with Gasteiger partial charge in [-0.2, -0.15) is 0 Å². The molecule has 2 rings (SSSR count). The zero-order chi connectivity index (χ0) is 25.3. The zero-order valence-corrected chi connectivity index (χ0v) is 19.3. The molecular formula is C21H33N7O6. The van der Waals surface area contributed by atoms with Crippen molar-refractivity contribution in [3.8, 4) is 0 Å². The number of rotatable bonds is 13. The highest BCUT2D eigenvalue weighted by atomic mass is 16.4. The fourth-order valence-corrected chi connectivity index (χ4v) is 3.62. The molecule has 1 saturated heterocycles. The molecule has 0 spiro atoms.